The second kappa shape index (κ2) is 6.39. The number of hydrogen-bond acceptors (Lipinski definition) is 3. The SMILES string of the molecule is COc1ccc(NCC(O)c2ccccc2F)c(C)c1. The Hall–Kier alpha value is -2.07. The van der Waals surface area contributed by atoms with Crippen LogP contribution in [0.5, 0.6) is 5.75 Å². The quantitative estimate of drug-likeness (QED) is 0.879. The Morgan fingerprint density at radius 3 is 2.65 bits per heavy atom. The Kier molecular flexibility index (Phi) is 4.58. The van der Waals surface area contributed by atoms with Crippen molar-refractivity contribution in [2.45, 2.75) is 13.0 Å². The Bertz CT molecular complexity index is 586. The Balaban J connectivity index is 2.04. The van der Waals surface area contributed by atoms with E-state index >= 15 is 0 Å². The molecule has 0 bridgehead atoms. The van der Waals surface area contributed by atoms with Crippen LogP contribution in [0.25, 0.3) is 0 Å². The molecule has 0 fully saturated rings. The molecular weight excluding hydrogens is 257 g/mol. The van der Waals surface area contributed by atoms with Gasteiger partial charge in [0, 0.05) is 17.8 Å². The average molecular weight is 275 g/mol. The predicted octanol–water partition coefficient (Wildman–Crippen LogP) is 3.29. The van der Waals surface area contributed by atoms with E-state index in [1.165, 1.54) is 6.07 Å². The normalized spacial score (nSPS) is 12.0. The van der Waals surface area contributed by atoms with E-state index in [1.807, 2.05) is 25.1 Å². The van der Waals surface area contributed by atoms with Gasteiger partial charge in [-0.25, -0.2) is 4.39 Å². The lowest BCUT2D eigenvalue weighted by Gasteiger charge is -2.15. The second-order valence-corrected chi connectivity index (χ2v) is 4.60. The number of halogens is 1. The molecule has 3 nitrogen and oxygen atoms in total. The van der Waals surface area contributed by atoms with Gasteiger partial charge >= 0.3 is 0 Å². The molecule has 1 unspecified atom stereocenters. The van der Waals surface area contributed by atoms with E-state index in [9.17, 15) is 9.50 Å². The second-order valence-electron chi connectivity index (χ2n) is 4.60. The maximum Gasteiger partial charge on any atom is 0.129 e. The molecule has 0 radical (unpaired) electrons. The number of aliphatic hydroxyl groups is 1. The number of nitrogens with one attached hydrogen (secondary N) is 1. The number of methoxy groups -OCH3 is 1. The van der Waals surface area contributed by atoms with Gasteiger partial charge in [-0.3, -0.25) is 0 Å². The molecule has 2 N–H and O–H groups in total. The zero-order chi connectivity index (χ0) is 14.5. The molecule has 0 aliphatic heterocycles. The van der Waals surface area contributed by atoms with Gasteiger partial charge in [0.1, 0.15) is 11.6 Å². The molecule has 1 atom stereocenters. The van der Waals surface area contributed by atoms with Crippen molar-refractivity contribution in [3.8, 4) is 5.75 Å². The van der Waals surface area contributed by atoms with Crippen LogP contribution in [0.3, 0.4) is 0 Å². The summed E-state index contributed by atoms with van der Waals surface area (Å²) in [6, 6.07) is 11.9. The fourth-order valence-corrected chi connectivity index (χ4v) is 2.02. The molecule has 0 amide bonds. The predicted molar refractivity (Wildman–Crippen MR) is 77.6 cm³/mol. The van der Waals surface area contributed by atoms with Crippen LogP contribution in [0.1, 0.15) is 17.2 Å². The van der Waals surface area contributed by atoms with E-state index < -0.39 is 11.9 Å². The minimum atomic E-state index is -0.891. The Morgan fingerprint density at radius 1 is 1.25 bits per heavy atom. The van der Waals surface area contributed by atoms with Crippen molar-refractivity contribution in [2.75, 3.05) is 19.0 Å². The first-order valence-electron chi connectivity index (χ1n) is 6.43. The highest BCUT2D eigenvalue weighted by molar-refractivity contribution is 5.53. The molecule has 0 aliphatic carbocycles. The largest absolute Gasteiger partial charge is 0.497 e. The average Bonchev–Trinajstić information content (AvgIpc) is 2.46. The summed E-state index contributed by atoms with van der Waals surface area (Å²) >= 11 is 0. The lowest BCUT2D eigenvalue weighted by atomic mass is 10.1. The zero-order valence-electron chi connectivity index (χ0n) is 11.6. The first-order chi connectivity index (χ1) is 9.61. The van der Waals surface area contributed by atoms with E-state index in [0.717, 1.165) is 17.0 Å². The lowest BCUT2D eigenvalue weighted by molar-refractivity contribution is 0.186. The topological polar surface area (TPSA) is 41.5 Å². The van der Waals surface area contributed by atoms with Crippen LogP contribution in [-0.2, 0) is 0 Å². The van der Waals surface area contributed by atoms with Gasteiger partial charge in [-0.15, -0.1) is 0 Å². The van der Waals surface area contributed by atoms with Gasteiger partial charge in [0.25, 0.3) is 0 Å². The van der Waals surface area contributed by atoms with Crippen molar-refractivity contribution >= 4 is 5.69 Å². The van der Waals surface area contributed by atoms with Crippen molar-refractivity contribution in [3.63, 3.8) is 0 Å². The molecule has 2 aromatic carbocycles. The first-order valence-corrected chi connectivity index (χ1v) is 6.43. The summed E-state index contributed by atoms with van der Waals surface area (Å²) in [5.74, 6) is 0.385. The van der Waals surface area contributed by atoms with Gasteiger partial charge in [-0.05, 0) is 36.8 Å². The molecular formula is C16H18FNO2. The van der Waals surface area contributed by atoms with Gasteiger partial charge in [-0.1, -0.05) is 18.2 Å². The molecule has 0 heterocycles. The van der Waals surface area contributed by atoms with E-state index in [0.29, 0.717) is 5.56 Å². The van der Waals surface area contributed by atoms with E-state index in [2.05, 4.69) is 5.32 Å². The van der Waals surface area contributed by atoms with Crippen molar-refractivity contribution in [1.82, 2.24) is 0 Å². The van der Waals surface area contributed by atoms with Crippen LogP contribution >= 0.6 is 0 Å². The number of rotatable bonds is 5. The highest BCUT2D eigenvalue weighted by Gasteiger charge is 2.12. The van der Waals surface area contributed by atoms with Crippen molar-refractivity contribution in [1.29, 1.82) is 0 Å². The number of aryl methyl sites for hydroxylation is 1. The molecule has 2 rings (SSSR count). The van der Waals surface area contributed by atoms with Gasteiger partial charge in [-0.2, -0.15) is 0 Å². The van der Waals surface area contributed by atoms with E-state index in [4.69, 9.17) is 4.74 Å². The molecule has 4 heteroatoms. The van der Waals surface area contributed by atoms with Crippen LogP contribution in [-0.4, -0.2) is 18.8 Å². The number of benzene rings is 2. The number of hydrogen-bond donors (Lipinski definition) is 2. The van der Waals surface area contributed by atoms with Gasteiger partial charge < -0.3 is 15.2 Å². The van der Waals surface area contributed by atoms with Crippen LogP contribution in [0.15, 0.2) is 42.5 Å². The summed E-state index contributed by atoms with van der Waals surface area (Å²) in [5.41, 5.74) is 2.19. The Labute approximate surface area is 118 Å². The van der Waals surface area contributed by atoms with Crippen molar-refractivity contribution in [2.24, 2.45) is 0 Å². The van der Waals surface area contributed by atoms with Crippen molar-refractivity contribution < 1.29 is 14.2 Å². The maximum absolute atomic E-state index is 13.5. The zero-order valence-corrected chi connectivity index (χ0v) is 11.6. The summed E-state index contributed by atoms with van der Waals surface area (Å²) in [4.78, 5) is 0. The molecule has 0 aromatic heterocycles. The third-order valence-corrected chi connectivity index (χ3v) is 3.18. The van der Waals surface area contributed by atoms with E-state index in [1.54, 1.807) is 25.3 Å². The number of anilines is 1. The van der Waals surface area contributed by atoms with Crippen LogP contribution in [0.4, 0.5) is 10.1 Å². The van der Waals surface area contributed by atoms with Crippen LogP contribution < -0.4 is 10.1 Å². The smallest absolute Gasteiger partial charge is 0.129 e. The van der Waals surface area contributed by atoms with Crippen molar-refractivity contribution in [3.05, 3.63) is 59.4 Å². The monoisotopic (exact) mass is 275 g/mol. The minimum Gasteiger partial charge on any atom is -0.497 e. The van der Waals surface area contributed by atoms with Gasteiger partial charge in [0.2, 0.25) is 0 Å². The first kappa shape index (κ1) is 14.3. The summed E-state index contributed by atoms with van der Waals surface area (Å²) in [7, 11) is 1.61. The minimum absolute atomic E-state index is 0.244. The molecule has 20 heavy (non-hydrogen) atoms. The molecule has 2 aromatic rings. The third-order valence-electron chi connectivity index (χ3n) is 3.18. The summed E-state index contributed by atoms with van der Waals surface area (Å²) in [6.45, 7) is 2.19. The maximum atomic E-state index is 13.5. The number of aliphatic hydroxyl groups excluding tert-OH is 1. The molecule has 0 saturated carbocycles. The molecule has 0 spiro atoms. The van der Waals surface area contributed by atoms with Gasteiger partial charge in [0.05, 0.1) is 13.2 Å². The van der Waals surface area contributed by atoms with Crippen LogP contribution in [0, 0.1) is 12.7 Å². The summed E-state index contributed by atoms with van der Waals surface area (Å²) in [6.07, 6.45) is -0.891. The third kappa shape index (κ3) is 3.27. The summed E-state index contributed by atoms with van der Waals surface area (Å²) < 4.78 is 18.7. The fraction of sp³-hybridized carbons (Fsp3) is 0.250. The standard InChI is InChI=1S/C16H18FNO2/c1-11-9-12(20-2)7-8-15(11)18-10-16(19)13-5-3-4-6-14(13)17/h3-9,16,18-19H,10H2,1-2H3. The highest BCUT2D eigenvalue weighted by Crippen LogP contribution is 2.23. The van der Waals surface area contributed by atoms with Gasteiger partial charge in [0.15, 0.2) is 0 Å². The summed E-state index contributed by atoms with van der Waals surface area (Å²) in [5, 5.41) is 13.1. The molecule has 106 valence electrons. The fourth-order valence-electron chi connectivity index (χ4n) is 2.02. The molecule has 0 aliphatic rings. The van der Waals surface area contributed by atoms with Crippen LogP contribution in [0.2, 0.25) is 0 Å². The highest BCUT2D eigenvalue weighted by atomic mass is 19.1. The Morgan fingerprint density at radius 2 is 2.00 bits per heavy atom. The number of ether oxygens (including phenoxy) is 1. The lowest BCUT2D eigenvalue weighted by Crippen LogP contribution is -2.14. The van der Waals surface area contributed by atoms with E-state index in [-0.39, 0.29) is 6.54 Å². The molecule has 0 saturated heterocycles.